The Morgan fingerprint density at radius 2 is 0.620 bits per heavy atom. The molecule has 0 aromatic rings. The first-order valence-electron chi connectivity index (χ1n) is 19.4. The smallest absolute Gasteiger partial charge is 0.305 e. The largest absolute Gasteiger partial charge is 0.466 e. The fraction of sp³-hybridized carbons (Fsp3) is 0.522. The van der Waals surface area contributed by atoms with Crippen LogP contribution in [-0.2, 0) is 19.1 Å². The van der Waals surface area contributed by atoms with Crippen molar-refractivity contribution < 1.29 is 19.1 Å². The highest BCUT2D eigenvalue weighted by molar-refractivity contribution is 5.69. The molecule has 280 valence electrons. The molecular weight excluding hydrogens is 617 g/mol. The van der Waals surface area contributed by atoms with E-state index in [1.54, 1.807) is 0 Å². The van der Waals surface area contributed by atoms with Gasteiger partial charge in [-0.05, 0) is 110 Å². The number of rotatable bonds is 30. The lowest BCUT2D eigenvalue weighted by Gasteiger charge is -2.00. The summed E-state index contributed by atoms with van der Waals surface area (Å²) in [4.78, 5) is 22.3. The van der Waals surface area contributed by atoms with E-state index in [9.17, 15) is 9.59 Å². The van der Waals surface area contributed by atoms with Crippen molar-refractivity contribution in [2.45, 2.75) is 143 Å². The van der Waals surface area contributed by atoms with Gasteiger partial charge in [-0.15, -0.1) is 0 Å². The summed E-state index contributed by atoms with van der Waals surface area (Å²) < 4.78 is 9.79. The Kier molecular flexibility index (Phi) is 43.9. The van der Waals surface area contributed by atoms with Gasteiger partial charge < -0.3 is 9.47 Å². The first-order valence-corrected chi connectivity index (χ1v) is 19.4. The number of hydrogen-bond acceptors (Lipinski definition) is 4. The molecule has 0 aliphatic carbocycles. The molecule has 0 bridgehead atoms. The Morgan fingerprint density at radius 3 is 0.940 bits per heavy atom. The van der Waals surface area contributed by atoms with Crippen LogP contribution in [0.4, 0.5) is 0 Å². The van der Waals surface area contributed by atoms with E-state index < -0.39 is 0 Å². The summed E-state index contributed by atoms with van der Waals surface area (Å²) in [6, 6.07) is 0. The second-order valence-corrected chi connectivity index (χ2v) is 11.5. The SMILES string of the molecule is CC/C=C\C/C=C\C/C=C\C/C=C\C/C=C\CCCC(=O)OCC.CC/C=C\C/C=C\C/C=C\C/C=C\C/C=C\CCCCCC(=O)OCC. The number of unbranched alkanes of at least 4 members (excludes halogenated alkanes) is 4. The third-order valence-electron chi connectivity index (χ3n) is 6.93. The van der Waals surface area contributed by atoms with Gasteiger partial charge in [0.15, 0.2) is 0 Å². The van der Waals surface area contributed by atoms with Gasteiger partial charge in [0.25, 0.3) is 0 Å². The Morgan fingerprint density at radius 1 is 0.340 bits per heavy atom. The van der Waals surface area contributed by atoms with E-state index in [4.69, 9.17) is 9.47 Å². The number of ether oxygens (including phenoxy) is 2. The van der Waals surface area contributed by atoms with Crippen LogP contribution >= 0.6 is 0 Å². The summed E-state index contributed by atoms with van der Waals surface area (Å²) in [6.07, 6.45) is 61.5. The van der Waals surface area contributed by atoms with Crippen LogP contribution in [0.1, 0.15) is 143 Å². The monoisotopic (exact) mass is 689 g/mol. The molecule has 50 heavy (non-hydrogen) atoms. The van der Waals surface area contributed by atoms with Crippen LogP contribution in [0.2, 0.25) is 0 Å². The fourth-order valence-electron chi connectivity index (χ4n) is 4.28. The summed E-state index contributed by atoms with van der Waals surface area (Å²) in [7, 11) is 0. The van der Waals surface area contributed by atoms with Crippen LogP contribution < -0.4 is 0 Å². The number of hydrogen-bond donors (Lipinski definition) is 0. The molecule has 0 atom stereocenters. The molecule has 0 saturated carbocycles. The second kappa shape index (κ2) is 45.3. The summed E-state index contributed by atoms with van der Waals surface area (Å²) in [5.74, 6) is -0.160. The molecule has 0 N–H and O–H groups in total. The van der Waals surface area contributed by atoms with Crippen molar-refractivity contribution in [2.75, 3.05) is 13.2 Å². The molecule has 0 saturated heterocycles. The molecule has 0 aliphatic heterocycles. The highest BCUT2D eigenvalue weighted by Gasteiger charge is 2.00. The number of carbonyl (C=O) groups is 2. The number of allylic oxidation sites excluding steroid dienone is 20. The molecule has 4 heteroatoms. The van der Waals surface area contributed by atoms with Gasteiger partial charge in [0.1, 0.15) is 0 Å². The zero-order chi connectivity index (χ0) is 36.9. The topological polar surface area (TPSA) is 52.6 Å². The Bertz CT molecular complexity index is 1050. The molecule has 0 heterocycles. The minimum absolute atomic E-state index is 0.0672. The first-order chi connectivity index (χ1) is 24.6. The maximum absolute atomic E-state index is 11.2. The normalized spacial score (nSPS) is 12.6. The van der Waals surface area contributed by atoms with Crippen LogP contribution in [0.3, 0.4) is 0 Å². The average molecular weight is 689 g/mol. The van der Waals surface area contributed by atoms with E-state index >= 15 is 0 Å². The molecule has 0 aromatic heterocycles. The first kappa shape index (κ1) is 48.5. The van der Waals surface area contributed by atoms with E-state index in [0.29, 0.717) is 26.1 Å². The zero-order valence-corrected chi connectivity index (χ0v) is 32.3. The van der Waals surface area contributed by atoms with Gasteiger partial charge in [-0.3, -0.25) is 9.59 Å². The van der Waals surface area contributed by atoms with Gasteiger partial charge in [-0.25, -0.2) is 0 Å². The fourth-order valence-corrected chi connectivity index (χ4v) is 4.28. The molecule has 0 radical (unpaired) electrons. The summed E-state index contributed by atoms with van der Waals surface area (Å²) in [6.45, 7) is 8.95. The van der Waals surface area contributed by atoms with Crippen LogP contribution in [0.25, 0.3) is 0 Å². The maximum atomic E-state index is 11.2. The van der Waals surface area contributed by atoms with E-state index in [0.717, 1.165) is 103 Å². The lowest BCUT2D eigenvalue weighted by Crippen LogP contribution is -2.02. The van der Waals surface area contributed by atoms with Gasteiger partial charge in [0.05, 0.1) is 13.2 Å². The summed E-state index contributed by atoms with van der Waals surface area (Å²) in [5, 5.41) is 0. The molecule has 0 unspecified atom stereocenters. The lowest BCUT2D eigenvalue weighted by atomic mass is 10.1. The molecule has 0 aliphatic rings. The van der Waals surface area contributed by atoms with E-state index in [1.807, 2.05) is 13.8 Å². The zero-order valence-electron chi connectivity index (χ0n) is 32.3. The third kappa shape index (κ3) is 46.5. The number of esters is 2. The van der Waals surface area contributed by atoms with Crippen LogP contribution in [0.15, 0.2) is 122 Å². The van der Waals surface area contributed by atoms with Crippen molar-refractivity contribution in [1.29, 1.82) is 0 Å². The molecule has 0 spiro atoms. The van der Waals surface area contributed by atoms with Crippen molar-refractivity contribution in [3.05, 3.63) is 122 Å². The van der Waals surface area contributed by atoms with Crippen LogP contribution in [-0.4, -0.2) is 25.2 Å². The number of carbonyl (C=O) groups excluding carboxylic acids is 2. The average Bonchev–Trinajstić information content (AvgIpc) is 3.11. The highest BCUT2D eigenvalue weighted by atomic mass is 16.5. The quantitative estimate of drug-likeness (QED) is 0.0428. The molecule has 0 rings (SSSR count). The van der Waals surface area contributed by atoms with Crippen molar-refractivity contribution in [1.82, 2.24) is 0 Å². The van der Waals surface area contributed by atoms with Crippen molar-refractivity contribution >= 4 is 11.9 Å². The van der Waals surface area contributed by atoms with E-state index in [1.165, 1.54) is 0 Å². The predicted molar refractivity (Wildman–Crippen MR) is 219 cm³/mol. The molecule has 0 aromatic carbocycles. The molecule has 0 amide bonds. The Balaban J connectivity index is 0. The van der Waals surface area contributed by atoms with Crippen molar-refractivity contribution in [3.63, 3.8) is 0 Å². The van der Waals surface area contributed by atoms with Gasteiger partial charge in [-0.1, -0.05) is 142 Å². The highest BCUT2D eigenvalue weighted by Crippen LogP contribution is 2.06. The van der Waals surface area contributed by atoms with Gasteiger partial charge >= 0.3 is 11.9 Å². The molecular formula is C46H72O4. The molecule has 4 nitrogen and oxygen atoms in total. The van der Waals surface area contributed by atoms with Crippen LogP contribution in [0, 0.1) is 0 Å². The van der Waals surface area contributed by atoms with E-state index in [2.05, 4.69) is 135 Å². The summed E-state index contributed by atoms with van der Waals surface area (Å²) >= 11 is 0. The summed E-state index contributed by atoms with van der Waals surface area (Å²) in [5.41, 5.74) is 0. The Hall–Kier alpha value is -3.66. The third-order valence-corrected chi connectivity index (χ3v) is 6.93. The van der Waals surface area contributed by atoms with Gasteiger partial charge in [0.2, 0.25) is 0 Å². The predicted octanol–water partition coefficient (Wildman–Crippen LogP) is 13.7. The Labute approximate surface area is 308 Å². The van der Waals surface area contributed by atoms with Crippen molar-refractivity contribution in [3.8, 4) is 0 Å². The second-order valence-electron chi connectivity index (χ2n) is 11.5. The standard InChI is InChI=1S/C24H38O2.C22H34O2/c1-3-5-6-7-8-9-10-11-12-13-14-15-16-17-18-19-20-21-22-23-24(25)26-4-2;1-3-5-6-7-8-9-10-11-12-13-14-15-16-17-18-19-20-21-22(23)24-4-2/h5-6,8-9,11-12,14-15,17-18H,3-4,7,10,13,16,19-23H2,1-2H3;5-6,8-9,11-12,14-15,17-18H,3-4,7,10,13,16,19-21H2,1-2H3/b2*6-5-,9-8-,12-11-,15-14-,18-17-. The molecule has 0 fully saturated rings. The van der Waals surface area contributed by atoms with Gasteiger partial charge in [0, 0.05) is 12.8 Å². The van der Waals surface area contributed by atoms with Crippen LogP contribution in [0.5, 0.6) is 0 Å². The minimum Gasteiger partial charge on any atom is -0.466 e. The lowest BCUT2D eigenvalue weighted by molar-refractivity contribution is -0.144. The van der Waals surface area contributed by atoms with Crippen molar-refractivity contribution in [2.24, 2.45) is 0 Å². The maximum Gasteiger partial charge on any atom is 0.305 e. The van der Waals surface area contributed by atoms with Gasteiger partial charge in [-0.2, -0.15) is 0 Å². The van der Waals surface area contributed by atoms with E-state index in [-0.39, 0.29) is 11.9 Å². The minimum atomic E-state index is -0.0927.